The normalized spacial score (nSPS) is 12.5. The van der Waals surface area contributed by atoms with Gasteiger partial charge in [-0.3, -0.25) is 4.79 Å². The molecule has 3 aromatic carbocycles. The van der Waals surface area contributed by atoms with Gasteiger partial charge in [0.05, 0.1) is 5.92 Å². The zero-order valence-corrected chi connectivity index (χ0v) is 13.2. The topological polar surface area (TPSA) is 26.3 Å². The summed E-state index contributed by atoms with van der Waals surface area (Å²) in [4.78, 5) is 12.1. The van der Waals surface area contributed by atoms with Gasteiger partial charge in [-0.05, 0) is 47.2 Å². The van der Waals surface area contributed by atoms with E-state index >= 15 is 0 Å². The Labute approximate surface area is 130 Å². The number of ether oxygens (including phenoxy) is 1. The van der Waals surface area contributed by atoms with E-state index in [1.807, 2.05) is 38.1 Å². The molecule has 0 aromatic heterocycles. The molecule has 0 aliphatic heterocycles. The molecule has 0 saturated carbocycles. The summed E-state index contributed by atoms with van der Waals surface area (Å²) in [5, 5.41) is 4.53. The first-order valence-corrected chi connectivity index (χ1v) is 7.74. The number of rotatable bonds is 3. The summed E-state index contributed by atoms with van der Waals surface area (Å²) in [6.45, 7) is 6.01. The number of hydrogen-bond acceptors (Lipinski definition) is 2. The molecule has 22 heavy (non-hydrogen) atoms. The minimum atomic E-state index is -0.166. The minimum absolute atomic E-state index is 0.0863. The molecule has 0 aliphatic carbocycles. The number of hydrogen-bond donors (Lipinski definition) is 0. The van der Waals surface area contributed by atoms with Gasteiger partial charge in [0, 0.05) is 5.39 Å². The zero-order valence-electron chi connectivity index (χ0n) is 13.2. The Morgan fingerprint density at radius 3 is 2.55 bits per heavy atom. The van der Waals surface area contributed by atoms with Gasteiger partial charge in [-0.25, -0.2) is 0 Å². The summed E-state index contributed by atoms with van der Waals surface area (Å²) in [6.07, 6.45) is 0.783. The SMILES string of the molecule is CCC(C)C(=O)Oc1cccc2c(C)c3ccccc3cc12. The molecule has 3 aromatic rings. The lowest BCUT2D eigenvalue weighted by molar-refractivity contribution is -0.138. The average Bonchev–Trinajstić information content (AvgIpc) is 2.55. The monoisotopic (exact) mass is 292 g/mol. The highest BCUT2D eigenvalue weighted by molar-refractivity contribution is 6.04. The van der Waals surface area contributed by atoms with Crippen molar-refractivity contribution in [1.29, 1.82) is 0 Å². The molecule has 0 aliphatic rings. The van der Waals surface area contributed by atoms with Crippen molar-refractivity contribution in [2.45, 2.75) is 27.2 Å². The quantitative estimate of drug-likeness (QED) is 0.374. The van der Waals surface area contributed by atoms with Crippen LogP contribution in [0.5, 0.6) is 5.75 Å². The molecule has 2 nitrogen and oxygen atoms in total. The van der Waals surface area contributed by atoms with Crippen molar-refractivity contribution in [2.24, 2.45) is 5.92 Å². The highest BCUT2D eigenvalue weighted by Gasteiger charge is 2.15. The van der Waals surface area contributed by atoms with Gasteiger partial charge in [-0.2, -0.15) is 0 Å². The Bertz CT molecular complexity index is 849. The molecule has 0 saturated heterocycles. The van der Waals surface area contributed by atoms with Crippen LogP contribution in [-0.4, -0.2) is 5.97 Å². The summed E-state index contributed by atoms with van der Waals surface area (Å²) in [6, 6.07) is 16.3. The van der Waals surface area contributed by atoms with Gasteiger partial charge in [-0.15, -0.1) is 0 Å². The molecule has 2 heteroatoms. The van der Waals surface area contributed by atoms with Crippen LogP contribution >= 0.6 is 0 Å². The summed E-state index contributed by atoms with van der Waals surface area (Å²) in [7, 11) is 0. The van der Waals surface area contributed by atoms with Gasteiger partial charge in [0.15, 0.2) is 0 Å². The van der Waals surface area contributed by atoms with Gasteiger partial charge in [0.2, 0.25) is 0 Å². The van der Waals surface area contributed by atoms with E-state index in [1.54, 1.807) is 0 Å². The van der Waals surface area contributed by atoms with Crippen LogP contribution in [0.15, 0.2) is 48.5 Å². The third kappa shape index (κ3) is 2.45. The van der Waals surface area contributed by atoms with Gasteiger partial charge >= 0.3 is 5.97 Å². The van der Waals surface area contributed by atoms with E-state index in [0.29, 0.717) is 5.75 Å². The summed E-state index contributed by atoms with van der Waals surface area (Å²) in [5.41, 5.74) is 1.22. The first kappa shape index (κ1) is 14.6. The molecule has 0 N–H and O–H groups in total. The molecule has 1 unspecified atom stereocenters. The maximum absolute atomic E-state index is 12.1. The molecular formula is C20H20O2. The predicted octanol–water partition coefficient (Wildman–Crippen LogP) is 5.25. The van der Waals surface area contributed by atoms with Crippen LogP contribution in [0.2, 0.25) is 0 Å². The number of carbonyl (C=O) groups is 1. The zero-order chi connectivity index (χ0) is 15.7. The molecule has 1 atom stereocenters. The van der Waals surface area contributed by atoms with E-state index in [0.717, 1.165) is 17.2 Å². The fraction of sp³-hybridized carbons (Fsp3) is 0.250. The van der Waals surface area contributed by atoms with Crippen molar-refractivity contribution >= 4 is 27.5 Å². The summed E-state index contributed by atoms with van der Waals surface area (Å²) < 4.78 is 5.65. The van der Waals surface area contributed by atoms with Crippen LogP contribution in [0.4, 0.5) is 0 Å². The molecule has 0 heterocycles. The Kier molecular flexibility index (Phi) is 3.84. The maximum atomic E-state index is 12.1. The molecule has 0 bridgehead atoms. The van der Waals surface area contributed by atoms with Crippen molar-refractivity contribution in [3.63, 3.8) is 0 Å². The second-order valence-corrected chi connectivity index (χ2v) is 5.80. The largest absolute Gasteiger partial charge is 0.426 e. The van der Waals surface area contributed by atoms with E-state index in [4.69, 9.17) is 4.74 Å². The summed E-state index contributed by atoms with van der Waals surface area (Å²) >= 11 is 0. The smallest absolute Gasteiger partial charge is 0.314 e. The second-order valence-electron chi connectivity index (χ2n) is 5.80. The van der Waals surface area contributed by atoms with Crippen molar-refractivity contribution in [3.05, 3.63) is 54.1 Å². The Balaban J connectivity index is 2.18. The van der Waals surface area contributed by atoms with Crippen molar-refractivity contribution in [2.75, 3.05) is 0 Å². The molecule has 0 spiro atoms. The lowest BCUT2D eigenvalue weighted by Crippen LogP contribution is -2.17. The molecule has 0 radical (unpaired) electrons. The average molecular weight is 292 g/mol. The third-order valence-corrected chi connectivity index (χ3v) is 4.36. The van der Waals surface area contributed by atoms with E-state index in [1.165, 1.54) is 16.3 Å². The molecule has 0 amide bonds. The standard InChI is InChI=1S/C20H20O2/c1-4-13(2)20(21)22-19-11-7-10-17-14(3)16-9-6-5-8-15(16)12-18(17)19/h5-13H,4H2,1-3H3. The van der Waals surface area contributed by atoms with Crippen molar-refractivity contribution < 1.29 is 9.53 Å². The van der Waals surface area contributed by atoms with Crippen molar-refractivity contribution in [3.8, 4) is 5.75 Å². The lowest BCUT2D eigenvalue weighted by atomic mass is 9.97. The minimum Gasteiger partial charge on any atom is -0.426 e. The van der Waals surface area contributed by atoms with E-state index in [2.05, 4.69) is 31.2 Å². The number of esters is 1. The number of carbonyl (C=O) groups excluding carboxylic acids is 1. The first-order chi connectivity index (χ1) is 10.6. The van der Waals surface area contributed by atoms with Crippen LogP contribution in [0.1, 0.15) is 25.8 Å². The van der Waals surface area contributed by atoms with Gasteiger partial charge < -0.3 is 4.74 Å². The van der Waals surface area contributed by atoms with Gasteiger partial charge in [-0.1, -0.05) is 50.2 Å². The fourth-order valence-electron chi connectivity index (χ4n) is 2.75. The third-order valence-electron chi connectivity index (χ3n) is 4.36. The fourth-order valence-corrected chi connectivity index (χ4v) is 2.75. The van der Waals surface area contributed by atoms with Crippen LogP contribution < -0.4 is 4.74 Å². The molecule has 0 fully saturated rings. The van der Waals surface area contributed by atoms with E-state index in [-0.39, 0.29) is 11.9 Å². The Morgan fingerprint density at radius 1 is 1.05 bits per heavy atom. The van der Waals surface area contributed by atoms with E-state index < -0.39 is 0 Å². The number of benzene rings is 3. The molecule has 3 rings (SSSR count). The number of fused-ring (bicyclic) bond motifs is 2. The highest BCUT2D eigenvalue weighted by atomic mass is 16.5. The highest BCUT2D eigenvalue weighted by Crippen LogP contribution is 2.33. The Hall–Kier alpha value is -2.35. The predicted molar refractivity (Wildman–Crippen MR) is 91.3 cm³/mol. The van der Waals surface area contributed by atoms with Crippen LogP contribution in [0, 0.1) is 12.8 Å². The molecule has 112 valence electrons. The van der Waals surface area contributed by atoms with Crippen LogP contribution in [-0.2, 0) is 4.79 Å². The van der Waals surface area contributed by atoms with E-state index in [9.17, 15) is 4.79 Å². The first-order valence-electron chi connectivity index (χ1n) is 7.74. The second kappa shape index (κ2) is 5.80. The molecular weight excluding hydrogens is 272 g/mol. The van der Waals surface area contributed by atoms with Gasteiger partial charge in [0.25, 0.3) is 0 Å². The van der Waals surface area contributed by atoms with Crippen LogP contribution in [0.3, 0.4) is 0 Å². The number of aryl methyl sites for hydroxylation is 1. The van der Waals surface area contributed by atoms with Crippen molar-refractivity contribution in [1.82, 2.24) is 0 Å². The van der Waals surface area contributed by atoms with Crippen LogP contribution in [0.25, 0.3) is 21.5 Å². The summed E-state index contributed by atoms with van der Waals surface area (Å²) in [5.74, 6) is 0.397. The lowest BCUT2D eigenvalue weighted by Gasteiger charge is -2.13. The van der Waals surface area contributed by atoms with Gasteiger partial charge in [0.1, 0.15) is 5.75 Å². The Morgan fingerprint density at radius 2 is 1.77 bits per heavy atom. The maximum Gasteiger partial charge on any atom is 0.314 e.